The summed E-state index contributed by atoms with van der Waals surface area (Å²) in [6.45, 7) is 2.28. The Balaban J connectivity index is 1.11. The van der Waals surface area contributed by atoms with Crippen molar-refractivity contribution in [2.24, 2.45) is 0 Å². The van der Waals surface area contributed by atoms with Crippen molar-refractivity contribution in [2.45, 2.75) is 6.92 Å². The topological polar surface area (TPSA) is 95.1 Å². The van der Waals surface area contributed by atoms with Crippen LogP contribution in [0.4, 0.5) is 0 Å². The quantitative estimate of drug-likeness (QED) is 0.151. The number of aromatic nitrogens is 8. The third kappa shape index (κ3) is 7.22. The van der Waals surface area contributed by atoms with Gasteiger partial charge in [0.15, 0.2) is 0 Å². The van der Waals surface area contributed by atoms with Crippen molar-refractivity contribution in [3.05, 3.63) is 279 Å². The van der Waals surface area contributed by atoms with Crippen molar-refractivity contribution in [1.29, 1.82) is 5.26 Å². The Morgan fingerprint density at radius 1 is 0.271 bits per heavy atom. The molecule has 17 rings (SSSR count). The van der Waals surface area contributed by atoms with Gasteiger partial charge in [-0.05, 0) is 126 Å². The van der Waals surface area contributed by atoms with Crippen molar-refractivity contribution in [3.8, 4) is 73.3 Å². The maximum absolute atomic E-state index is 12.9. The zero-order valence-corrected chi connectivity index (χ0v) is 45.9. The molecule has 0 radical (unpaired) electrons. The summed E-state index contributed by atoms with van der Waals surface area (Å²) in [6.07, 6.45) is 15.0. The van der Waals surface area contributed by atoms with Crippen molar-refractivity contribution in [2.75, 3.05) is 0 Å². The lowest BCUT2D eigenvalue weighted by Gasteiger charge is -2.28. The number of benzene rings is 9. The van der Waals surface area contributed by atoms with Crippen molar-refractivity contribution in [1.82, 2.24) is 38.2 Å². The smallest absolute Gasteiger partial charge is 0.104 e. The van der Waals surface area contributed by atoms with Gasteiger partial charge in [0.05, 0.1) is 66.9 Å². The van der Waals surface area contributed by atoms with Crippen LogP contribution in [0.2, 0.25) is 0 Å². The molecule has 0 aliphatic rings. The molecule has 0 bridgehead atoms. The summed E-state index contributed by atoms with van der Waals surface area (Å²) in [6, 6.07) is 81.0. The lowest BCUT2D eigenvalue weighted by molar-refractivity contribution is 1.01. The molecule has 0 atom stereocenters. The van der Waals surface area contributed by atoms with Crippen LogP contribution in [-0.2, 0) is 0 Å². The molecule has 85 heavy (non-hydrogen) atoms. The fraction of sp³-hybridized carbons (Fsp3) is 0.0132. The fourth-order valence-corrected chi connectivity index (χ4v) is 13.6. The lowest BCUT2D eigenvalue weighted by Crippen LogP contribution is -2.16. The molecular weight excluding hydrogens is 1040 g/mol. The summed E-state index contributed by atoms with van der Waals surface area (Å²) < 4.78 is 9.61. The minimum atomic E-state index is 0.511. The van der Waals surface area contributed by atoms with Gasteiger partial charge >= 0.3 is 0 Å². The minimum Gasteiger partial charge on any atom is -0.307 e. The van der Waals surface area contributed by atoms with Crippen LogP contribution < -0.4 is 0 Å². The number of hydrogen-bond acceptors (Lipinski definition) is 5. The molecule has 0 saturated carbocycles. The van der Waals surface area contributed by atoms with Gasteiger partial charge in [-0.3, -0.25) is 19.9 Å². The summed E-state index contributed by atoms with van der Waals surface area (Å²) in [5.74, 6) is 0. The van der Waals surface area contributed by atoms with E-state index in [-0.39, 0.29) is 0 Å². The molecule has 0 aliphatic heterocycles. The normalized spacial score (nSPS) is 11.8. The van der Waals surface area contributed by atoms with Crippen LogP contribution in [0.3, 0.4) is 0 Å². The first-order chi connectivity index (χ1) is 42.1. The highest BCUT2D eigenvalue weighted by Crippen LogP contribution is 2.50. The second kappa shape index (κ2) is 18.9. The first-order valence-corrected chi connectivity index (χ1v) is 28.5. The molecular formula is C76H47N9. The average molecular weight is 1090 g/mol. The molecule has 0 fully saturated rings. The van der Waals surface area contributed by atoms with Crippen LogP contribution in [0.25, 0.3) is 154 Å². The van der Waals surface area contributed by atoms with Crippen molar-refractivity contribution >= 4 is 87.2 Å². The van der Waals surface area contributed by atoms with E-state index in [1.807, 2.05) is 73.8 Å². The molecule has 9 nitrogen and oxygen atoms in total. The van der Waals surface area contributed by atoms with Gasteiger partial charge in [0.25, 0.3) is 0 Å². The number of nitrogens with zero attached hydrogens (tertiary/aromatic N) is 9. The SMILES string of the molecule is Cc1c(-n2c3ccc(-c4cccnc4)cc3c3cc(-c4cccnc4)ccc32)c(-n2c3ccccc3c3ccccc32)c(C#N)c(-n2c3ccccc3c3ccccc32)c1-n1c2ccc(-c3cccnc3)cc2c2cc(-c3cccnc3)ccc21. The van der Waals surface area contributed by atoms with E-state index in [0.717, 1.165) is 160 Å². The molecule has 0 aliphatic carbocycles. The molecule has 396 valence electrons. The maximum atomic E-state index is 12.9. The number of hydrogen-bond donors (Lipinski definition) is 0. The number of rotatable bonds is 8. The van der Waals surface area contributed by atoms with E-state index >= 15 is 0 Å². The minimum absolute atomic E-state index is 0.511. The molecule has 17 aromatic rings. The van der Waals surface area contributed by atoms with E-state index in [1.54, 1.807) is 0 Å². The van der Waals surface area contributed by atoms with Gasteiger partial charge in [-0.1, -0.05) is 121 Å². The van der Waals surface area contributed by atoms with Crippen LogP contribution in [0.1, 0.15) is 11.1 Å². The Kier molecular flexibility index (Phi) is 10.7. The standard InChI is InChI=1S/C76H47N9/c1-47-73(82-69-30-26-48(52-14-10-34-78-43-52)38-60(69)61-39-49(27-31-70(61)82)53-15-11-35-79-44-53)75(84-65-22-6-2-18-56(65)57-19-3-7-23-66(57)84)64(42-77)76(85-67-24-8-4-20-58(67)59-21-5-9-25-68(59)85)74(47)83-71-32-28-50(54-16-12-36-80-45-54)40-62(71)63-41-51(29-33-72(63)83)55-17-13-37-81-46-55/h2-41,43-46H,1H3. The Labute approximate surface area is 487 Å². The lowest BCUT2D eigenvalue weighted by atomic mass is 9.98. The third-order valence-corrected chi connectivity index (χ3v) is 17.3. The highest BCUT2D eigenvalue weighted by molar-refractivity contribution is 6.17. The first kappa shape index (κ1) is 48.0. The van der Waals surface area contributed by atoms with Gasteiger partial charge in [0.2, 0.25) is 0 Å². The van der Waals surface area contributed by atoms with E-state index in [0.29, 0.717) is 5.56 Å². The maximum Gasteiger partial charge on any atom is 0.104 e. The van der Waals surface area contributed by atoms with Crippen LogP contribution >= 0.6 is 0 Å². The molecule has 0 spiro atoms. The van der Waals surface area contributed by atoms with Crippen molar-refractivity contribution < 1.29 is 0 Å². The van der Waals surface area contributed by atoms with Gasteiger partial charge in [-0.25, -0.2) is 0 Å². The Bertz CT molecular complexity index is 4970. The molecule has 0 saturated heterocycles. The van der Waals surface area contributed by atoms with Gasteiger partial charge in [-0.2, -0.15) is 5.26 Å². The van der Waals surface area contributed by atoms with Crippen LogP contribution in [0.5, 0.6) is 0 Å². The molecule has 8 aromatic heterocycles. The largest absolute Gasteiger partial charge is 0.307 e. The van der Waals surface area contributed by atoms with Gasteiger partial charge < -0.3 is 18.3 Å². The highest BCUT2D eigenvalue weighted by atomic mass is 15.1. The Morgan fingerprint density at radius 2 is 0.529 bits per heavy atom. The molecule has 0 N–H and O–H groups in total. The summed E-state index contributed by atoms with van der Waals surface area (Å²) >= 11 is 0. The van der Waals surface area contributed by atoms with Crippen LogP contribution in [0, 0.1) is 18.3 Å². The molecule has 9 aromatic carbocycles. The predicted molar refractivity (Wildman–Crippen MR) is 346 cm³/mol. The number of pyridine rings is 4. The number of nitriles is 1. The van der Waals surface area contributed by atoms with E-state index < -0.39 is 0 Å². The second-order valence-corrected chi connectivity index (χ2v) is 21.8. The molecule has 9 heteroatoms. The Morgan fingerprint density at radius 3 is 0.788 bits per heavy atom. The summed E-state index contributed by atoms with van der Waals surface area (Å²) in [7, 11) is 0. The van der Waals surface area contributed by atoms with Gasteiger partial charge in [0.1, 0.15) is 11.6 Å². The van der Waals surface area contributed by atoms with E-state index in [4.69, 9.17) is 0 Å². The first-order valence-electron chi connectivity index (χ1n) is 28.5. The summed E-state index contributed by atoms with van der Waals surface area (Å²) in [5, 5.41) is 21.5. The van der Waals surface area contributed by atoms with E-state index in [2.05, 4.69) is 245 Å². The van der Waals surface area contributed by atoms with E-state index in [1.165, 1.54) is 0 Å². The zero-order chi connectivity index (χ0) is 56.3. The van der Waals surface area contributed by atoms with Gasteiger partial charge in [-0.15, -0.1) is 0 Å². The third-order valence-electron chi connectivity index (χ3n) is 17.3. The highest BCUT2D eigenvalue weighted by Gasteiger charge is 2.33. The molecule has 0 amide bonds. The summed E-state index contributed by atoms with van der Waals surface area (Å²) in [5.41, 5.74) is 20.9. The zero-order valence-electron chi connectivity index (χ0n) is 45.9. The average Bonchev–Trinajstić information content (AvgIpc) is 2.45. The van der Waals surface area contributed by atoms with Crippen LogP contribution in [-0.4, -0.2) is 38.2 Å². The number of fused-ring (bicyclic) bond motifs is 12. The Hall–Kier alpha value is -11.7. The van der Waals surface area contributed by atoms with Crippen LogP contribution in [0.15, 0.2) is 268 Å². The second-order valence-electron chi connectivity index (χ2n) is 21.8. The monoisotopic (exact) mass is 1090 g/mol. The fourth-order valence-electron chi connectivity index (χ4n) is 13.6. The molecule has 0 unspecified atom stereocenters. The molecule has 8 heterocycles. The predicted octanol–water partition coefficient (Wildman–Crippen LogP) is 18.5. The van der Waals surface area contributed by atoms with E-state index in [9.17, 15) is 5.26 Å². The number of para-hydroxylation sites is 4. The van der Waals surface area contributed by atoms with Gasteiger partial charge in [0, 0.05) is 120 Å². The van der Waals surface area contributed by atoms with Crippen molar-refractivity contribution in [3.63, 3.8) is 0 Å². The summed E-state index contributed by atoms with van der Waals surface area (Å²) in [4.78, 5) is 18.2.